The Labute approximate surface area is 95.7 Å². The SMILES string of the molecule is Cc1cc(C(C)(C)C)nc(C(C)C(=O)O)n1. The van der Waals surface area contributed by atoms with Crippen LogP contribution in [0.25, 0.3) is 0 Å². The largest absolute Gasteiger partial charge is 0.481 e. The van der Waals surface area contributed by atoms with Crippen LogP contribution >= 0.6 is 0 Å². The van der Waals surface area contributed by atoms with Crippen molar-refractivity contribution < 1.29 is 9.90 Å². The number of hydrogen-bond acceptors (Lipinski definition) is 3. The van der Waals surface area contributed by atoms with Crippen LogP contribution in [-0.4, -0.2) is 21.0 Å². The van der Waals surface area contributed by atoms with Gasteiger partial charge in [-0.3, -0.25) is 4.79 Å². The molecule has 0 aliphatic carbocycles. The van der Waals surface area contributed by atoms with E-state index in [1.54, 1.807) is 6.92 Å². The molecule has 1 aromatic rings. The van der Waals surface area contributed by atoms with E-state index in [1.807, 2.05) is 33.8 Å². The highest BCUT2D eigenvalue weighted by Crippen LogP contribution is 2.22. The molecule has 0 saturated carbocycles. The third-order valence-corrected chi connectivity index (χ3v) is 2.40. The van der Waals surface area contributed by atoms with Crippen LogP contribution < -0.4 is 0 Å². The molecule has 0 aromatic carbocycles. The lowest BCUT2D eigenvalue weighted by Gasteiger charge is -2.19. The first-order chi connectivity index (χ1) is 7.21. The van der Waals surface area contributed by atoms with E-state index in [1.165, 1.54) is 0 Å². The highest BCUT2D eigenvalue weighted by Gasteiger charge is 2.22. The summed E-state index contributed by atoms with van der Waals surface area (Å²) in [7, 11) is 0. The van der Waals surface area contributed by atoms with Gasteiger partial charge in [-0.2, -0.15) is 0 Å². The van der Waals surface area contributed by atoms with Crippen LogP contribution in [0.15, 0.2) is 6.07 Å². The Hall–Kier alpha value is -1.45. The number of nitrogens with zero attached hydrogens (tertiary/aromatic N) is 2. The van der Waals surface area contributed by atoms with Gasteiger partial charge in [-0.1, -0.05) is 20.8 Å². The Morgan fingerprint density at radius 2 is 1.94 bits per heavy atom. The average molecular weight is 222 g/mol. The van der Waals surface area contributed by atoms with E-state index in [0.717, 1.165) is 11.4 Å². The lowest BCUT2D eigenvalue weighted by atomic mass is 9.91. The van der Waals surface area contributed by atoms with Crippen molar-refractivity contribution in [2.75, 3.05) is 0 Å². The molecular formula is C12H18N2O2. The van der Waals surface area contributed by atoms with Gasteiger partial charge < -0.3 is 5.11 Å². The molecule has 1 heterocycles. The van der Waals surface area contributed by atoms with E-state index in [-0.39, 0.29) is 5.41 Å². The Morgan fingerprint density at radius 1 is 1.38 bits per heavy atom. The Bertz CT molecular complexity index is 408. The summed E-state index contributed by atoms with van der Waals surface area (Å²) in [6, 6.07) is 1.90. The Morgan fingerprint density at radius 3 is 2.38 bits per heavy atom. The minimum Gasteiger partial charge on any atom is -0.481 e. The van der Waals surface area contributed by atoms with Gasteiger partial charge in [0.2, 0.25) is 0 Å². The van der Waals surface area contributed by atoms with Gasteiger partial charge in [0.1, 0.15) is 11.7 Å². The number of aliphatic carboxylic acids is 1. The van der Waals surface area contributed by atoms with Crippen molar-refractivity contribution in [3.8, 4) is 0 Å². The van der Waals surface area contributed by atoms with Crippen LogP contribution in [0.3, 0.4) is 0 Å². The Kier molecular flexibility index (Phi) is 3.31. The lowest BCUT2D eigenvalue weighted by molar-refractivity contribution is -0.138. The third-order valence-electron chi connectivity index (χ3n) is 2.40. The maximum absolute atomic E-state index is 10.9. The monoisotopic (exact) mass is 222 g/mol. The zero-order chi connectivity index (χ0) is 12.5. The molecule has 1 aromatic heterocycles. The van der Waals surface area contributed by atoms with Crippen molar-refractivity contribution in [2.45, 2.75) is 46.0 Å². The zero-order valence-corrected chi connectivity index (χ0v) is 10.4. The van der Waals surface area contributed by atoms with E-state index in [2.05, 4.69) is 9.97 Å². The molecule has 0 spiro atoms. The number of aromatic nitrogens is 2. The van der Waals surface area contributed by atoms with Gasteiger partial charge in [-0.25, -0.2) is 9.97 Å². The highest BCUT2D eigenvalue weighted by atomic mass is 16.4. The fourth-order valence-corrected chi connectivity index (χ4v) is 1.28. The van der Waals surface area contributed by atoms with E-state index in [4.69, 9.17) is 5.11 Å². The first-order valence-electron chi connectivity index (χ1n) is 5.30. The number of carboxylic acid groups (broad SMARTS) is 1. The van der Waals surface area contributed by atoms with Crippen LogP contribution in [0.4, 0.5) is 0 Å². The maximum atomic E-state index is 10.9. The molecule has 0 fully saturated rings. The minimum absolute atomic E-state index is 0.0966. The van der Waals surface area contributed by atoms with E-state index in [0.29, 0.717) is 5.82 Å². The van der Waals surface area contributed by atoms with Crippen LogP contribution in [0.1, 0.15) is 50.8 Å². The average Bonchev–Trinajstić information content (AvgIpc) is 2.14. The quantitative estimate of drug-likeness (QED) is 0.833. The smallest absolute Gasteiger partial charge is 0.313 e. The summed E-state index contributed by atoms with van der Waals surface area (Å²) in [6.07, 6.45) is 0. The van der Waals surface area contributed by atoms with Gasteiger partial charge in [0.15, 0.2) is 0 Å². The molecule has 0 bridgehead atoms. The zero-order valence-electron chi connectivity index (χ0n) is 10.4. The normalized spacial score (nSPS) is 13.6. The van der Waals surface area contributed by atoms with Gasteiger partial charge in [0, 0.05) is 16.8 Å². The summed E-state index contributed by atoms with van der Waals surface area (Å²) in [4.78, 5) is 19.4. The van der Waals surface area contributed by atoms with Crippen LogP contribution in [0, 0.1) is 6.92 Å². The van der Waals surface area contributed by atoms with Crippen molar-refractivity contribution >= 4 is 5.97 Å². The lowest BCUT2D eigenvalue weighted by Crippen LogP contribution is -2.19. The molecule has 1 rings (SSSR count). The maximum Gasteiger partial charge on any atom is 0.313 e. The molecule has 0 saturated heterocycles. The molecule has 1 atom stereocenters. The predicted molar refractivity (Wildman–Crippen MR) is 61.5 cm³/mol. The van der Waals surface area contributed by atoms with Gasteiger partial charge in [0.25, 0.3) is 0 Å². The van der Waals surface area contributed by atoms with Gasteiger partial charge >= 0.3 is 5.97 Å². The van der Waals surface area contributed by atoms with Crippen molar-refractivity contribution in [1.82, 2.24) is 9.97 Å². The first kappa shape index (κ1) is 12.6. The summed E-state index contributed by atoms with van der Waals surface area (Å²) in [5, 5.41) is 8.94. The molecule has 16 heavy (non-hydrogen) atoms. The summed E-state index contributed by atoms with van der Waals surface area (Å²) in [5.74, 6) is -1.18. The second kappa shape index (κ2) is 4.20. The number of rotatable bonds is 2. The number of hydrogen-bond donors (Lipinski definition) is 1. The molecule has 4 heteroatoms. The van der Waals surface area contributed by atoms with Crippen molar-refractivity contribution in [2.24, 2.45) is 0 Å². The second-order valence-corrected chi connectivity index (χ2v) is 5.06. The van der Waals surface area contributed by atoms with Crippen molar-refractivity contribution in [3.05, 3.63) is 23.3 Å². The van der Waals surface area contributed by atoms with Crippen molar-refractivity contribution in [1.29, 1.82) is 0 Å². The molecule has 1 unspecified atom stereocenters. The fraction of sp³-hybridized carbons (Fsp3) is 0.583. The van der Waals surface area contributed by atoms with Crippen LogP contribution in [-0.2, 0) is 10.2 Å². The molecule has 0 aliphatic heterocycles. The van der Waals surface area contributed by atoms with Crippen molar-refractivity contribution in [3.63, 3.8) is 0 Å². The summed E-state index contributed by atoms with van der Waals surface area (Å²) in [6.45, 7) is 9.59. The molecule has 0 aliphatic rings. The molecule has 88 valence electrons. The van der Waals surface area contributed by atoms with Gasteiger partial charge in [0.05, 0.1) is 0 Å². The molecule has 1 N–H and O–H groups in total. The predicted octanol–water partition coefficient (Wildman–Crippen LogP) is 2.27. The summed E-state index contributed by atoms with van der Waals surface area (Å²) < 4.78 is 0. The van der Waals surface area contributed by atoms with E-state index < -0.39 is 11.9 Å². The molecular weight excluding hydrogens is 204 g/mol. The third kappa shape index (κ3) is 2.78. The van der Waals surface area contributed by atoms with Crippen LogP contribution in [0.2, 0.25) is 0 Å². The van der Waals surface area contributed by atoms with E-state index >= 15 is 0 Å². The molecule has 4 nitrogen and oxygen atoms in total. The molecule has 0 radical (unpaired) electrons. The topological polar surface area (TPSA) is 63.1 Å². The first-order valence-corrected chi connectivity index (χ1v) is 5.30. The van der Waals surface area contributed by atoms with Gasteiger partial charge in [-0.05, 0) is 19.9 Å². The summed E-state index contributed by atoms with van der Waals surface area (Å²) >= 11 is 0. The summed E-state index contributed by atoms with van der Waals surface area (Å²) in [5.41, 5.74) is 1.59. The Balaban J connectivity index is 3.23. The number of carboxylic acids is 1. The molecule has 0 amide bonds. The van der Waals surface area contributed by atoms with Gasteiger partial charge in [-0.15, -0.1) is 0 Å². The fourth-order valence-electron chi connectivity index (χ4n) is 1.28. The van der Waals surface area contributed by atoms with Crippen LogP contribution in [0.5, 0.6) is 0 Å². The number of carbonyl (C=O) groups is 1. The second-order valence-electron chi connectivity index (χ2n) is 5.06. The van der Waals surface area contributed by atoms with E-state index in [9.17, 15) is 4.79 Å². The highest BCUT2D eigenvalue weighted by molar-refractivity contribution is 5.74. The number of aryl methyl sites for hydroxylation is 1. The standard InChI is InChI=1S/C12H18N2O2/c1-7-6-9(12(3,4)5)14-10(13-7)8(2)11(15)16/h6,8H,1-5H3,(H,15,16). The minimum atomic E-state index is -0.898.